The van der Waals surface area contributed by atoms with E-state index in [1.165, 1.54) is 0 Å². The summed E-state index contributed by atoms with van der Waals surface area (Å²) in [5.41, 5.74) is 0. The summed E-state index contributed by atoms with van der Waals surface area (Å²) in [6, 6.07) is 0. The molecular weight excluding hydrogens is 300 g/mol. The Balaban J connectivity index is 4.81. The van der Waals surface area contributed by atoms with Crippen LogP contribution in [-0.4, -0.2) is 41.8 Å². The third-order valence-corrected chi connectivity index (χ3v) is 3.47. The van der Waals surface area contributed by atoms with Crippen LogP contribution in [0.25, 0.3) is 0 Å². The van der Waals surface area contributed by atoms with Gasteiger partial charge in [-0.2, -0.15) is 13.7 Å². The molecule has 9 heteroatoms. The summed E-state index contributed by atoms with van der Waals surface area (Å²) in [5, 5.41) is 0. The van der Waals surface area contributed by atoms with Crippen molar-refractivity contribution < 1.29 is 37.6 Å². The van der Waals surface area contributed by atoms with E-state index in [9.17, 15) is 0 Å². The molecule has 0 aliphatic rings. The van der Waals surface area contributed by atoms with E-state index in [0.717, 1.165) is 6.42 Å². The van der Waals surface area contributed by atoms with Crippen molar-refractivity contribution in [2.75, 3.05) is 26.4 Å². The number of rotatable bonds is 15. The van der Waals surface area contributed by atoms with Gasteiger partial charge in [-0.3, -0.25) is 0 Å². The summed E-state index contributed by atoms with van der Waals surface area (Å²) >= 11 is 0. The second kappa shape index (κ2) is 13.6. The summed E-state index contributed by atoms with van der Waals surface area (Å²) in [5.74, 6) is 0. The summed E-state index contributed by atoms with van der Waals surface area (Å²) < 4.78 is 26.6. The molecule has 0 bridgehead atoms. The Hall–Kier alpha value is -0.103. The first kappa shape index (κ1) is 20.9. The summed E-state index contributed by atoms with van der Waals surface area (Å²) in [6.45, 7) is 10.6. The molecule has 0 aromatic rings. The van der Waals surface area contributed by atoms with Crippen LogP contribution in [0.4, 0.5) is 0 Å². The zero-order chi connectivity index (χ0) is 16.0. The van der Waals surface area contributed by atoms with E-state index >= 15 is 0 Å². The molecular formula is C12H28O8Si. The maximum Gasteiger partial charge on any atom is 0.766 e. The second-order valence-corrected chi connectivity index (χ2v) is 5.53. The molecule has 0 aliphatic carbocycles. The molecule has 21 heavy (non-hydrogen) atoms. The fourth-order valence-corrected chi connectivity index (χ4v) is 2.68. The summed E-state index contributed by atoms with van der Waals surface area (Å²) in [4.78, 5) is 14.7. The van der Waals surface area contributed by atoms with Gasteiger partial charge in [0.05, 0.1) is 19.8 Å². The van der Waals surface area contributed by atoms with Crippen LogP contribution >= 0.6 is 0 Å². The molecule has 0 saturated heterocycles. The molecule has 128 valence electrons. The largest absolute Gasteiger partial charge is 0.766 e. The molecule has 0 aromatic carbocycles. The van der Waals surface area contributed by atoms with Gasteiger partial charge in [-0.1, -0.05) is 13.8 Å². The third kappa shape index (κ3) is 9.50. The van der Waals surface area contributed by atoms with Crippen molar-refractivity contribution in [1.82, 2.24) is 0 Å². The maximum atomic E-state index is 5.67. The van der Waals surface area contributed by atoms with Crippen LogP contribution in [0.1, 0.15) is 47.5 Å². The minimum Gasteiger partial charge on any atom is -0.353 e. The third-order valence-electron chi connectivity index (χ3n) is 1.95. The number of hydrogen-bond donors (Lipinski definition) is 0. The fraction of sp³-hybridized carbons (Fsp3) is 1.00. The zero-order valence-electron chi connectivity index (χ0n) is 13.6. The highest BCUT2D eigenvalue weighted by Gasteiger charge is 2.54. The average Bonchev–Trinajstić information content (AvgIpc) is 2.52. The van der Waals surface area contributed by atoms with Gasteiger partial charge in [0.15, 0.2) is 6.29 Å². The van der Waals surface area contributed by atoms with Gasteiger partial charge in [0, 0.05) is 6.61 Å². The van der Waals surface area contributed by atoms with Crippen molar-refractivity contribution in [3.63, 3.8) is 0 Å². The maximum absolute atomic E-state index is 5.67. The molecule has 0 radical (unpaired) electrons. The Morgan fingerprint density at radius 2 is 1.24 bits per heavy atom. The smallest absolute Gasteiger partial charge is 0.353 e. The van der Waals surface area contributed by atoms with E-state index in [1.807, 2.05) is 13.8 Å². The molecule has 0 heterocycles. The normalized spacial score (nSPS) is 13.6. The minimum absolute atomic E-state index is 0.287. The van der Waals surface area contributed by atoms with Crippen molar-refractivity contribution in [1.29, 1.82) is 0 Å². The molecule has 0 amide bonds. The molecule has 1 atom stereocenters. The van der Waals surface area contributed by atoms with Gasteiger partial charge in [0.1, 0.15) is 0 Å². The van der Waals surface area contributed by atoms with Crippen LogP contribution in [0.2, 0.25) is 0 Å². The van der Waals surface area contributed by atoms with Crippen LogP contribution < -0.4 is 0 Å². The van der Waals surface area contributed by atoms with Crippen molar-refractivity contribution in [2.45, 2.75) is 53.8 Å². The van der Waals surface area contributed by atoms with Crippen molar-refractivity contribution in [2.24, 2.45) is 0 Å². The highest BCUT2D eigenvalue weighted by Crippen LogP contribution is 2.18. The zero-order valence-corrected chi connectivity index (χ0v) is 14.6. The lowest BCUT2D eigenvalue weighted by molar-refractivity contribution is -0.394. The first-order valence-corrected chi connectivity index (χ1v) is 9.02. The van der Waals surface area contributed by atoms with Gasteiger partial charge in [0.25, 0.3) is 0 Å². The van der Waals surface area contributed by atoms with Crippen molar-refractivity contribution in [3.8, 4) is 0 Å². The lowest BCUT2D eigenvalue weighted by Crippen LogP contribution is -2.52. The molecule has 8 nitrogen and oxygen atoms in total. The number of hydrogen-bond acceptors (Lipinski definition) is 8. The van der Waals surface area contributed by atoms with E-state index in [0.29, 0.717) is 13.0 Å². The first-order chi connectivity index (χ1) is 10.2. The van der Waals surface area contributed by atoms with Crippen molar-refractivity contribution in [3.05, 3.63) is 0 Å². The highest BCUT2D eigenvalue weighted by molar-refractivity contribution is 6.52. The van der Waals surface area contributed by atoms with Crippen molar-refractivity contribution >= 4 is 9.05 Å². The van der Waals surface area contributed by atoms with Gasteiger partial charge in [-0.15, -0.1) is 0 Å². The van der Waals surface area contributed by atoms with Crippen LogP contribution in [-0.2, 0) is 37.6 Å². The van der Waals surface area contributed by atoms with Crippen LogP contribution in [0.3, 0.4) is 0 Å². The van der Waals surface area contributed by atoms with E-state index in [2.05, 4.69) is 0 Å². The molecule has 0 rings (SSSR count). The van der Waals surface area contributed by atoms with E-state index in [4.69, 9.17) is 37.6 Å². The van der Waals surface area contributed by atoms with Gasteiger partial charge in [-0.25, -0.2) is 14.7 Å². The lowest BCUT2D eigenvalue weighted by Gasteiger charge is -2.27. The van der Waals surface area contributed by atoms with E-state index in [-0.39, 0.29) is 19.8 Å². The highest BCUT2D eigenvalue weighted by atomic mass is 28.4. The van der Waals surface area contributed by atoms with Crippen LogP contribution in [0, 0.1) is 0 Å². The summed E-state index contributed by atoms with van der Waals surface area (Å²) in [7, 11) is -3.78. The SMILES string of the molecule is CCCOC(CC)O[Si](OOCC)(OOCC)OOCC. The molecule has 0 aromatic heterocycles. The number of ether oxygens (including phenoxy) is 1. The quantitative estimate of drug-likeness (QED) is 0.196. The predicted molar refractivity (Wildman–Crippen MR) is 75.3 cm³/mol. The minimum atomic E-state index is -3.78. The molecule has 0 aliphatic heterocycles. The first-order valence-electron chi connectivity index (χ1n) is 7.39. The van der Waals surface area contributed by atoms with Crippen LogP contribution in [0.15, 0.2) is 0 Å². The fourth-order valence-electron chi connectivity index (χ4n) is 1.14. The Morgan fingerprint density at radius 1 is 0.762 bits per heavy atom. The molecule has 1 unspecified atom stereocenters. The Morgan fingerprint density at radius 3 is 1.57 bits per heavy atom. The lowest BCUT2D eigenvalue weighted by atomic mass is 10.5. The molecule has 0 saturated carbocycles. The van der Waals surface area contributed by atoms with Crippen LogP contribution in [0.5, 0.6) is 0 Å². The Labute approximate surface area is 127 Å². The molecule has 0 N–H and O–H groups in total. The molecule has 0 fully saturated rings. The van der Waals surface area contributed by atoms with E-state index in [1.54, 1.807) is 20.8 Å². The standard InChI is InChI=1S/C12H28O8Si/c1-6-11-13-12(7-2)17-21(18-14-8-3,19-15-9-4)20-16-10-5/h12H,6-11H2,1-5H3. The monoisotopic (exact) mass is 328 g/mol. The second-order valence-electron chi connectivity index (χ2n) is 3.80. The molecule has 0 spiro atoms. The topological polar surface area (TPSA) is 73.8 Å². The van der Waals surface area contributed by atoms with E-state index < -0.39 is 15.3 Å². The van der Waals surface area contributed by atoms with Gasteiger partial charge in [0.2, 0.25) is 0 Å². The van der Waals surface area contributed by atoms with Gasteiger partial charge >= 0.3 is 9.05 Å². The predicted octanol–water partition coefficient (Wildman–Crippen LogP) is 2.51. The average molecular weight is 328 g/mol. The van der Waals surface area contributed by atoms with Gasteiger partial charge < -0.3 is 9.16 Å². The Bertz CT molecular complexity index is 210. The Kier molecular flexibility index (Phi) is 13.5. The summed E-state index contributed by atoms with van der Waals surface area (Å²) in [6.07, 6.45) is 0.868. The van der Waals surface area contributed by atoms with Gasteiger partial charge in [-0.05, 0) is 33.6 Å².